The van der Waals surface area contributed by atoms with Crippen molar-refractivity contribution >= 4 is 29.4 Å². The molecular weight excluding hydrogens is 386 g/mol. The van der Waals surface area contributed by atoms with E-state index in [1.165, 1.54) is 4.68 Å². The third kappa shape index (κ3) is 5.10. The minimum absolute atomic E-state index is 0.0550. The number of aryl methyl sites for hydroxylation is 1. The minimum Gasteiger partial charge on any atom is -0.464 e. The fraction of sp³-hybridized carbons (Fsp3) is 0.368. The average molecular weight is 408 g/mol. The van der Waals surface area contributed by atoms with Gasteiger partial charge < -0.3 is 14.8 Å². The zero-order valence-corrected chi connectivity index (χ0v) is 16.7. The van der Waals surface area contributed by atoms with Gasteiger partial charge in [0.15, 0.2) is 0 Å². The number of carbonyl (C=O) groups excluding carboxylic acids is 3. The maximum atomic E-state index is 12.7. The van der Waals surface area contributed by atoms with E-state index in [0.29, 0.717) is 12.2 Å². The third-order valence-electron chi connectivity index (χ3n) is 3.79. The van der Waals surface area contributed by atoms with Gasteiger partial charge in [0.1, 0.15) is 5.15 Å². The monoisotopic (exact) mass is 407 g/mol. The molecule has 9 heteroatoms. The summed E-state index contributed by atoms with van der Waals surface area (Å²) in [5.74, 6) is -2.52. The summed E-state index contributed by atoms with van der Waals surface area (Å²) >= 11 is 6.35. The Morgan fingerprint density at radius 2 is 1.68 bits per heavy atom. The summed E-state index contributed by atoms with van der Waals surface area (Å²) in [6.07, 6.45) is 0. The lowest BCUT2D eigenvalue weighted by atomic mass is 10.2. The number of halogens is 1. The van der Waals surface area contributed by atoms with Crippen molar-refractivity contribution in [3.63, 3.8) is 0 Å². The normalized spacial score (nSPS) is 10.6. The first kappa shape index (κ1) is 21.4. The topological polar surface area (TPSA) is 99.5 Å². The van der Waals surface area contributed by atoms with E-state index >= 15 is 0 Å². The summed E-state index contributed by atoms with van der Waals surface area (Å²) in [5, 5.41) is 6.73. The number of carbonyl (C=O) groups is 3. The predicted molar refractivity (Wildman–Crippen MR) is 102 cm³/mol. The zero-order valence-electron chi connectivity index (χ0n) is 15.9. The fourth-order valence-electron chi connectivity index (χ4n) is 2.54. The van der Waals surface area contributed by atoms with E-state index in [9.17, 15) is 14.4 Å². The zero-order chi connectivity index (χ0) is 20.7. The molecule has 0 bridgehead atoms. The molecular formula is C19H22ClN3O5. The maximum Gasteiger partial charge on any atom is 0.340 e. The van der Waals surface area contributed by atoms with Crippen LogP contribution in [0.5, 0.6) is 0 Å². The van der Waals surface area contributed by atoms with Crippen LogP contribution in [0.2, 0.25) is 5.15 Å². The van der Waals surface area contributed by atoms with E-state index in [-0.39, 0.29) is 23.9 Å². The second kappa shape index (κ2) is 9.89. The van der Waals surface area contributed by atoms with Crippen LogP contribution < -0.4 is 5.32 Å². The van der Waals surface area contributed by atoms with Gasteiger partial charge in [-0.15, -0.1) is 0 Å². The molecule has 1 aromatic carbocycles. The Morgan fingerprint density at radius 1 is 1.11 bits per heavy atom. The van der Waals surface area contributed by atoms with E-state index in [1.54, 1.807) is 20.8 Å². The lowest BCUT2D eigenvalue weighted by molar-refractivity contribution is -0.157. The molecule has 2 aromatic rings. The Balaban J connectivity index is 2.24. The van der Waals surface area contributed by atoms with Crippen molar-refractivity contribution in [1.82, 2.24) is 15.1 Å². The maximum absolute atomic E-state index is 12.7. The lowest BCUT2D eigenvalue weighted by Gasteiger charge is -2.15. The van der Waals surface area contributed by atoms with Gasteiger partial charge in [0.05, 0.1) is 31.0 Å². The van der Waals surface area contributed by atoms with Gasteiger partial charge in [-0.3, -0.25) is 4.79 Å². The van der Waals surface area contributed by atoms with E-state index in [1.807, 2.05) is 30.3 Å². The van der Waals surface area contributed by atoms with E-state index in [4.69, 9.17) is 21.1 Å². The van der Waals surface area contributed by atoms with E-state index in [2.05, 4.69) is 10.4 Å². The summed E-state index contributed by atoms with van der Waals surface area (Å²) in [6, 6.07) is 7.89. The van der Waals surface area contributed by atoms with Crippen molar-refractivity contribution in [2.24, 2.45) is 0 Å². The van der Waals surface area contributed by atoms with Gasteiger partial charge >= 0.3 is 11.9 Å². The van der Waals surface area contributed by atoms with Gasteiger partial charge in [-0.25, -0.2) is 14.3 Å². The van der Waals surface area contributed by atoms with Crippen molar-refractivity contribution in [2.75, 3.05) is 13.2 Å². The number of rotatable bonds is 8. The SMILES string of the molecule is CCOC(=O)C(NC(=O)c1c(C)nn(Cc2ccccc2)c1Cl)C(=O)OCC. The number of benzene rings is 1. The highest BCUT2D eigenvalue weighted by Crippen LogP contribution is 2.21. The number of hydrogen-bond donors (Lipinski definition) is 1. The molecule has 0 aliphatic rings. The molecule has 1 aromatic heterocycles. The minimum atomic E-state index is -1.58. The van der Waals surface area contributed by atoms with Crippen LogP contribution in [0, 0.1) is 6.92 Å². The summed E-state index contributed by atoms with van der Waals surface area (Å²) in [7, 11) is 0. The number of ether oxygens (including phenoxy) is 2. The van der Waals surface area contributed by atoms with Crippen LogP contribution in [0.3, 0.4) is 0 Å². The molecule has 0 saturated carbocycles. The Hall–Kier alpha value is -2.87. The standard InChI is InChI=1S/C19H22ClN3O5/c1-4-27-18(25)15(19(26)28-5-2)21-17(24)14-12(3)22-23(16(14)20)11-13-9-7-6-8-10-13/h6-10,15H,4-5,11H2,1-3H3,(H,21,24). The first-order chi connectivity index (χ1) is 13.4. The molecule has 1 amide bonds. The molecule has 0 unspecified atom stereocenters. The highest BCUT2D eigenvalue weighted by Gasteiger charge is 2.33. The highest BCUT2D eigenvalue weighted by atomic mass is 35.5. The molecule has 0 aliphatic carbocycles. The molecule has 1 N–H and O–H groups in total. The Labute approximate surface area is 167 Å². The number of hydrogen-bond acceptors (Lipinski definition) is 6. The molecule has 28 heavy (non-hydrogen) atoms. The van der Waals surface area contributed by atoms with Crippen LogP contribution in [0.15, 0.2) is 30.3 Å². The van der Waals surface area contributed by atoms with E-state index in [0.717, 1.165) is 5.56 Å². The van der Waals surface area contributed by atoms with Crippen LogP contribution in [0.25, 0.3) is 0 Å². The van der Waals surface area contributed by atoms with Crippen LogP contribution >= 0.6 is 11.6 Å². The van der Waals surface area contributed by atoms with Gasteiger partial charge in [0.2, 0.25) is 6.04 Å². The molecule has 0 saturated heterocycles. The van der Waals surface area contributed by atoms with Crippen molar-refractivity contribution in [2.45, 2.75) is 33.4 Å². The molecule has 0 atom stereocenters. The van der Waals surface area contributed by atoms with Crippen molar-refractivity contribution in [3.8, 4) is 0 Å². The third-order valence-corrected chi connectivity index (χ3v) is 4.17. The number of nitrogens with one attached hydrogen (secondary N) is 1. The summed E-state index contributed by atoms with van der Waals surface area (Å²) in [4.78, 5) is 36.8. The van der Waals surface area contributed by atoms with Gasteiger partial charge in [-0.1, -0.05) is 41.9 Å². The number of esters is 2. The van der Waals surface area contributed by atoms with Crippen molar-refractivity contribution in [3.05, 3.63) is 52.3 Å². The second-order valence-corrected chi connectivity index (χ2v) is 6.16. The van der Waals surface area contributed by atoms with Crippen molar-refractivity contribution in [1.29, 1.82) is 0 Å². The van der Waals surface area contributed by atoms with E-state index < -0.39 is 23.9 Å². The van der Waals surface area contributed by atoms with Crippen LogP contribution in [0.1, 0.15) is 35.5 Å². The van der Waals surface area contributed by atoms with Gasteiger partial charge in [-0.2, -0.15) is 5.10 Å². The Bertz CT molecular complexity index is 833. The molecule has 2 rings (SSSR count). The Kier molecular flexibility index (Phi) is 7.57. The Morgan fingerprint density at radius 3 is 2.21 bits per heavy atom. The first-order valence-electron chi connectivity index (χ1n) is 8.79. The summed E-state index contributed by atoms with van der Waals surface area (Å²) in [5.41, 5.74) is 1.40. The number of nitrogens with zero attached hydrogens (tertiary/aromatic N) is 2. The summed E-state index contributed by atoms with van der Waals surface area (Å²) < 4.78 is 11.2. The second-order valence-electron chi connectivity index (χ2n) is 5.81. The van der Waals surface area contributed by atoms with Crippen molar-refractivity contribution < 1.29 is 23.9 Å². The van der Waals surface area contributed by atoms with Crippen LogP contribution in [-0.4, -0.2) is 46.9 Å². The highest BCUT2D eigenvalue weighted by molar-refractivity contribution is 6.33. The molecule has 8 nitrogen and oxygen atoms in total. The number of amides is 1. The van der Waals surface area contributed by atoms with Crippen LogP contribution in [0.4, 0.5) is 0 Å². The van der Waals surface area contributed by atoms with Crippen LogP contribution in [-0.2, 0) is 25.6 Å². The summed E-state index contributed by atoms with van der Waals surface area (Å²) in [6.45, 7) is 5.28. The smallest absolute Gasteiger partial charge is 0.340 e. The predicted octanol–water partition coefficient (Wildman–Crippen LogP) is 2.12. The average Bonchev–Trinajstić information content (AvgIpc) is 2.94. The first-order valence-corrected chi connectivity index (χ1v) is 9.17. The largest absolute Gasteiger partial charge is 0.464 e. The fourth-order valence-corrected chi connectivity index (χ4v) is 2.86. The molecule has 0 aliphatic heterocycles. The molecule has 0 radical (unpaired) electrons. The lowest BCUT2D eigenvalue weighted by Crippen LogP contribution is -2.48. The quantitative estimate of drug-likeness (QED) is 0.531. The molecule has 0 spiro atoms. The molecule has 0 fully saturated rings. The van der Waals surface area contributed by atoms with Gasteiger partial charge in [0.25, 0.3) is 5.91 Å². The number of aromatic nitrogens is 2. The van der Waals surface area contributed by atoms with Gasteiger partial charge in [0, 0.05) is 0 Å². The van der Waals surface area contributed by atoms with Gasteiger partial charge in [-0.05, 0) is 26.3 Å². The molecule has 150 valence electrons. The molecule has 1 heterocycles.